The van der Waals surface area contributed by atoms with Crippen molar-refractivity contribution in [2.75, 3.05) is 0 Å². The SMILES string of the molecule is Cc1ccc(C)c(Cc2c(CO)nc3ccccn23)c1. The van der Waals surface area contributed by atoms with Crippen LogP contribution >= 0.6 is 0 Å². The van der Waals surface area contributed by atoms with Crippen molar-refractivity contribution >= 4 is 5.65 Å². The van der Waals surface area contributed by atoms with Gasteiger partial charge in [0.25, 0.3) is 0 Å². The minimum absolute atomic E-state index is 0.0259. The Morgan fingerprint density at radius 2 is 2.00 bits per heavy atom. The molecule has 102 valence electrons. The number of rotatable bonds is 3. The van der Waals surface area contributed by atoms with Crippen LogP contribution in [0.4, 0.5) is 0 Å². The lowest BCUT2D eigenvalue weighted by Crippen LogP contribution is -2.00. The van der Waals surface area contributed by atoms with Crippen molar-refractivity contribution in [1.29, 1.82) is 0 Å². The largest absolute Gasteiger partial charge is 0.390 e. The van der Waals surface area contributed by atoms with Crippen LogP contribution in [0.15, 0.2) is 42.6 Å². The molecule has 2 aromatic heterocycles. The van der Waals surface area contributed by atoms with E-state index in [1.807, 2.05) is 24.4 Å². The van der Waals surface area contributed by atoms with Gasteiger partial charge in [-0.2, -0.15) is 0 Å². The molecule has 0 saturated heterocycles. The van der Waals surface area contributed by atoms with Gasteiger partial charge in [0.2, 0.25) is 0 Å². The van der Waals surface area contributed by atoms with Gasteiger partial charge in [0.15, 0.2) is 0 Å². The molecule has 3 aromatic rings. The molecule has 0 unspecified atom stereocenters. The van der Waals surface area contributed by atoms with Gasteiger partial charge in [-0.05, 0) is 37.1 Å². The maximum absolute atomic E-state index is 9.55. The standard InChI is InChI=1S/C17H18N2O/c1-12-6-7-13(2)14(9-12)10-16-15(11-20)18-17-5-3-4-8-19(16)17/h3-9,20H,10-11H2,1-2H3. The normalized spacial score (nSPS) is 11.2. The molecule has 20 heavy (non-hydrogen) atoms. The summed E-state index contributed by atoms with van der Waals surface area (Å²) in [6, 6.07) is 12.4. The zero-order valence-electron chi connectivity index (χ0n) is 11.8. The summed E-state index contributed by atoms with van der Waals surface area (Å²) >= 11 is 0. The van der Waals surface area contributed by atoms with Gasteiger partial charge in [-0.25, -0.2) is 4.98 Å². The zero-order chi connectivity index (χ0) is 14.1. The number of hydrogen-bond acceptors (Lipinski definition) is 2. The summed E-state index contributed by atoms with van der Waals surface area (Å²) in [6.07, 6.45) is 2.79. The molecule has 3 nitrogen and oxygen atoms in total. The number of aromatic nitrogens is 2. The van der Waals surface area contributed by atoms with E-state index < -0.39 is 0 Å². The van der Waals surface area contributed by atoms with Gasteiger partial charge in [-0.15, -0.1) is 0 Å². The smallest absolute Gasteiger partial charge is 0.137 e. The first-order valence-corrected chi connectivity index (χ1v) is 6.81. The molecule has 0 aliphatic heterocycles. The van der Waals surface area contributed by atoms with Crippen LogP contribution in [0.3, 0.4) is 0 Å². The monoisotopic (exact) mass is 266 g/mol. The van der Waals surface area contributed by atoms with Crippen LogP contribution in [0.2, 0.25) is 0 Å². The van der Waals surface area contributed by atoms with Crippen molar-refractivity contribution in [2.45, 2.75) is 26.9 Å². The van der Waals surface area contributed by atoms with Crippen molar-refractivity contribution in [3.8, 4) is 0 Å². The number of aliphatic hydroxyl groups excluding tert-OH is 1. The number of fused-ring (bicyclic) bond motifs is 1. The third-order valence-corrected chi connectivity index (χ3v) is 3.72. The third-order valence-electron chi connectivity index (χ3n) is 3.72. The minimum atomic E-state index is -0.0259. The molecule has 0 saturated carbocycles. The average Bonchev–Trinajstić information content (AvgIpc) is 2.81. The Kier molecular flexibility index (Phi) is 3.28. The Morgan fingerprint density at radius 1 is 1.15 bits per heavy atom. The van der Waals surface area contributed by atoms with Crippen molar-refractivity contribution in [3.63, 3.8) is 0 Å². The van der Waals surface area contributed by atoms with E-state index in [-0.39, 0.29) is 6.61 Å². The molecule has 3 heteroatoms. The molecule has 0 fully saturated rings. The van der Waals surface area contributed by atoms with E-state index in [1.165, 1.54) is 16.7 Å². The van der Waals surface area contributed by atoms with Gasteiger partial charge in [-0.1, -0.05) is 29.8 Å². The second-order valence-electron chi connectivity index (χ2n) is 5.20. The zero-order valence-corrected chi connectivity index (χ0v) is 11.8. The summed E-state index contributed by atoms with van der Waals surface area (Å²) in [5.41, 5.74) is 6.52. The number of nitrogens with zero attached hydrogens (tertiary/aromatic N) is 2. The lowest BCUT2D eigenvalue weighted by molar-refractivity contribution is 0.276. The maximum atomic E-state index is 9.55. The highest BCUT2D eigenvalue weighted by molar-refractivity contribution is 5.45. The van der Waals surface area contributed by atoms with Crippen LogP contribution in [-0.4, -0.2) is 14.5 Å². The fourth-order valence-corrected chi connectivity index (χ4v) is 2.58. The maximum Gasteiger partial charge on any atom is 0.137 e. The molecule has 0 aliphatic carbocycles. The highest BCUT2D eigenvalue weighted by Gasteiger charge is 2.12. The molecular formula is C17H18N2O. The highest BCUT2D eigenvalue weighted by atomic mass is 16.3. The quantitative estimate of drug-likeness (QED) is 0.791. The molecule has 0 radical (unpaired) electrons. The molecule has 0 spiro atoms. The van der Waals surface area contributed by atoms with Crippen LogP contribution < -0.4 is 0 Å². The third kappa shape index (κ3) is 2.21. The predicted octanol–water partition coefficient (Wildman–Crippen LogP) is 3.03. The number of pyridine rings is 1. The second-order valence-corrected chi connectivity index (χ2v) is 5.20. The van der Waals surface area contributed by atoms with E-state index in [0.717, 1.165) is 23.5 Å². The Labute approximate surface area is 118 Å². The van der Waals surface area contributed by atoms with E-state index in [4.69, 9.17) is 0 Å². The summed E-state index contributed by atoms with van der Waals surface area (Å²) in [5.74, 6) is 0. The van der Waals surface area contributed by atoms with Crippen LogP contribution in [0.5, 0.6) is 0 Å². The minimum Gasteiger partial charge on any atom is -0.390 e. The number of hydrogen-bond donors (Lipinski definition) is 1. The van der Waals surface area contributed by atoms with E-state index in [9.17, 15) is 5.11 Å². The first-order valence-electron chi connectivity index (χ1n) is 6.81. The van der Waals surface area contributed by atoms with Gasteiger partial charge >= 0.3 is 0 Å². The molecule has 0 atom stereocenters. The number of aryl methyl sites for hydroxylation is 2. The first kappa shape index (κ1) is 12.9. The summed E-state index contributed by atoms with van der Waals surface area (Å²) in [4.78, 5) is 4.49. The molecular weight excluding hydrogens is 248 g/mol. The molecule has 3 rings (SSSR count). The fraction of sp³-hybridized carbons (Fsp3) is 0.235. The van der Waals surface area contributed by atoms with Gasteiger partial charge in [0.05, 0.1) is 18.0 Å². The molecule has 0 bridgehead atoms. The summed E-state index contributed by atoms with van der Waals surface area (Å²) in [5, 5.41) is 9.55. The van der Waals surface area contributed by atoms with Crippen molar-refractivity contribution in [1.82, 2.24) is 9.38 Å². The van der Waals surface area contributed by atoms with E-state index in [1.54, 1.807) is 0 Å². The van der Waals surface area contributed by atoms with Crippen LogP contribution in [0, 0.1) is 13.8 Å². The van der Waals surface area contributed by atoms with Crippen LogP contribution in [-0.2, 0) is 13.0 Å². The Hall–Kier alpha value is -2.13. The van der Waals surface area contributed by atoms with Gasteiger partial charge < -0.3 is 9.51 Å². The summed E-state index contributed by atoms with van der Waals surface area (Å²) in [7, 11) is 0. The Bertz CT molecular complexity index is 759. The topological polar surface area (TPSA) is 37.5 Å². The van der Waals surface area contributed by atoms with Crippen molar-refractivity contribution in [2.24, 2.45) is 0 Å². The van der Waals surface area contributed by atoms with Crippen molar-refractivity contribution in [3.05, 3.63) is 70.7 Å². The number of aliphatic hydroxyl groups is 1. The van der Waals surface area contributed by atoms with E-state index in [0.29, 0.717) is 0 Å². The van der Waals surface area contributed by atoms with Crippen LogP contribution in [0.25, 0.3) is 5.65 Å². The lowest BCUT2D eigenvalue weighted by atomic mass is 10.0. The Morgan fingerprint density at radius 3 is 2.80 bits per heavy atom. The average molecular weight is 266 g/mol. The summed E-state index contributed by atoms with van der Waals surface area (Å²) in [6.45, 7) is 4.20. The summed E-state index contributed by atoms with van der Waals surface area (Å²) < 4.78 is 2.06. The van der Waals surface area contributed by atoms with E-state index in [2.05, 4.69) is 41.4 Å². The molecule has 1 N–H and O–H groups in total. The molecule has 1 aromatic carbocycles. The number of benzene rings is 1. The molecule has 0 amide bonds. The van der Waals surface area contributed by atoms with Gasteiger partial charge in [-0.3, -0.25) is 0 Å². The van der Waals surface area contributed by atoms with Crippen molar-refractivity contribution < 1.29 is 5.11 Å². The highest BCUT2D eigenvalue weighted by Crippen LogP contribution is 2.20. The van der Waals surface area contributed by atoms with Gasteiger partial charge in [0.1, 0.15) is 5.65 Å². The molecule has 0 aliphatic rings. The number of imidazole rings is 1. The second kappa shape index (κ2) is 5.10. The lowest BCUT2D eigenvalue weighted by Gasteiger charge is -2.08. The fourth-order valence-electron chi connectivity index (χ4n) is 2.58. The van der Waals surface area contributed by atoms with Crippen LogP contribution in [0.1, 0.15) is 28.1 Å². The van der Waals surface area contributed by atoms with Gasteiger partial charge in [0, 0.05) is 12.6 Å². The molecule has 2 heterocycles. The van der Waals surface area contributed by atoms with E-state index >= 15 is 0 Å². The Balaban J connectivity index is 2.12. The first-order chi connectivity index (χ1) is 9.69. The predicted molar refractivity (Wildman–Crippen MR) is 79.8 cm³/mol.